The Balaban J connectivity index is 2.70. The van der Waals surface area contributed by atoms with Crippen LogP contribution in [-0.4, -0.2) is 27.1 Å². The number of carbonyl (C=O) groups is 1. The van der Waals surface area contributed by atoms with Gasteiger partial charge in [-0.2, -0.15) is 0 Å². The highest BCUT2D eigenvalue weighted by atomic mass is 32.2. The lowest BCUT2D eigenvalue weighted by atomic mass is 10.1. The number of ether oxygens (including phenoxy) is 1. The molecular weight excluding hydrogens is 230 g/mol. The Hall–Kier alpha value is -1.40. The van der Waals surface area contributed by atoms with E-state index in [0.717, 1.165) is 0 Å². The van der Waals surface area contributed by atoms with Gasteiger partial charge in [0.15, 0.2) is 5.78 Å². The first-order valence-corrected chi connectivity index (χ1v) is 6.27. The molecular formula is C10H13NO4S. The summed E-state index contributed by atoms with van der Waals surface area (Å²) in [5, 5.41) is 4.77. The molecule has 0 fully saturated rings. The van der Waals surface area contributed by atoms with Crippen molar-refractivity contribution in [3.63, 3.8) is 0 Å². The quantitative estimate of drug-likeness (QED) is 0.794. The van der Waals surface area contributed by atoms with Gasteiger partial charge in [0.25, 0.3) is 0 Å². The number of hydrogen-bond donors (Lipinski definition) is 1. The lowest BCUT2D eigenvalue weighted by molar-refractivity contribution is -0.116. The fourth-order valence-corrected chi connectivity index (χ4v) is 1.84. The van der Waals surface area contributed by atoms with Crippen LogP contribution in [0, 0.1) is 0 Å². The minimum atomic E-state index is -3.74. The number of benzene rings is 1. The molecule has 0 saturated heterocycles. The molecule has 0 radical (unpaired) electrons. The predicted molar refractivity (Wildman–Crippen MR) is 59.7 cm³/mol. The fraction of sp³-hybridized carbons (Fsp3) is 0.300. The highest BCUT2D eigenvalue weighted by molar-refractivity contribution is 7.89. The van der Waals surface area contributed by atoms with E-state index in [9.17, 15) is 13.2 Å². The van der Waals surface area contributed by atoms with Crippen LogP contribution in [0.3, 0.4) is 0 Å². The van der Waals surface area contributed by atoms with Crippen molar-refractivity contribution in [2.45, 2.75) is 6.42 Å². The highest BCUT2D eigenvalue weighted by Gasteiger charge is 2.12. The van der Waals surface area contributed by atoms with E-state index in [-0.39, 0.29) is 6.42 Å². The van der Waals surface area contributed by atoms with Gasteiger partial charge in [-0.15, -0.1) is 0 Å². The Morgan fingerprint density at radius 1 is 1.44 bits per heavy atom. The number of ketones is 1. The minimum Gasteiger partial charge on any atom is -0.497 e. The van der Waals surface area contributed by atoms with E-state index in [1.54, 1.807) is 24.3 Å². The monoisotopic (exact) mass is 243 g/mol. The molecule has 2 N–H and O–H groups in total. The number of hydrogen-bond acceptors (Lipinski definition) is 4. The number of primary sulfonamides is 1. The van der Waals surface area contributed by atoms with Crippen LogP contribution in [0.5, 0.6) is 5.75 Å². The third kappa shape index (κ3) is 4.41. The first-order valence-electron chi connectivity index (χ1n) is 4.56. The van der Waals surface area contributed by atoms with Crippen LogP contribution in [0.2, 0.25) is 0 Å². The van der Waals surface area contributed by atoms with E-state index in [2.05, 4.69) is 0 Å². The topological polar surface area (TPSA) is 86.5 Å². The largest absolute Gasteiger partial charge is 0.497 e. The fourth-order valence-electron chi connectivity index (χ4n) is 1.29. The first kappa shape index (κ1) is 12.7. The molecule has 0 atom stereocenters. The SMILES string of the molecule is COc1cccc(CC(=O)CS(N)(=O)=O)c1. The maximum absolute atomic E-state index is 11.3. The maximum Gasteiger partial charge on any atom is 0.216 e. The van der Waals surface area contributed by atoms with Crippen molar-refractivity contribution in [3.05, 3.63) is 29.8 Å². The maximum atomic E-state index is 11.3. The van der Waals surface area contributed by atoms with Gasteiger partial charge in [0.2, 0.25) is 10.0 Å². The molecule has 0 aliphatic heterocycles. The lowest BCUT2D eigenvalue weighted by Crippen LogP contribution is -2.24. The van der Waals surface area contributed by atoms with E-state index < -0.39 is 21.6 Å². The van der Waals surface area contributed by atoms with E-state index in [4.69, 9.17) is 9.88 Å². The van der Waals surface area contributed by atoms with Gasteiger partial charge in [-0.25, -0.2) is 13.6 Å². The average Bonchev–Trinajstić information content (AvgIpc) is 2.15. The Morgan fingerprint density at radius 2 is 2.12 bits per heavy atom. The van der Waals surface area contributed by atoms with E-state index in [1.807, 2.05) is 0 Å². The van der Waals surface area contributed by atoms with Crippen molar-refractivity contribution in [2.75, 3.05) is 12.9 Å². The number of methoxy groups -OCH3 is 1. The zero-order valence-corrected chi connectivity index (χ0v) is 9.66. The Bertz CT molecular complexity index is 481. The number of Topliss-reactive ketones (excluding diaryl/α,β-unsaturated/α-hetero) is 1. The summed E-state index contributed by atoms with van der Waals surface area (Å²) >= 11 is 0. The number of sulfonamides is 1. The van der Waals surface area contributed by atoms with E-state index in [1.165, 1.54) is 7.11 Å². The summed E-state index contributed by atoms with van der Waals surface area (Å²) in [5.41, 5.74) is 0.702. The Kier molecular flexibility index (Phi) is 4.03. The smallest absolute Gasteiger partial charge is 0.216 e. The molecule has 1 rings (SSSR count). The van der Waals surface area contributed by atoms with Gasteiger partial charge in [0.1, 0.15) is 11.5 Å². The molecule has 0 unspecified atom stereocenters. The van der Waals surface area contributed by atoms with Gasteiger partial charge in [-0.3, -0.25) is 4.79 Å². The van der Waals surface area contributed by atoms with Crippen LogP contribution < -0.4 is 9.88 Å². The molecule has 0 saturated carbocycles. The van der Waals surface area contributed by atoms with Crippen molar-refractivity contribution < 1.29 is 17.9 Å². The molecule has 88 valence electrons. The summed E-state index contributed by atoms with van der Waals surface area (Å²) < 4.78 is 26.4. The summed E-state index contributed by atoms with van der Waals surface area (Å²) in [6.07, 6.45) is 0.0353. The van der Waals surface area contributed by atoms with Crippen molar-refractivity contribution in [3.8, 4) is 5.75 Å². The standard InChI is InChI=1S/C10H13NO4S/c1-15-10-4-2-3-8(6-10)5-9(12)7-16(11,13)14/h2-4,6H,5,7H2,1H3,(H2,11,13,14). The van der Waals surface area contributed by atoms with Crippen LogP contribution >= 0.6 is 0 Å². The third-order valence-electron chi connectivity index (χ3n) is 1.90. The molecule has 0 aliphatic carbocycles. The molecule has 6 heteroatoms. The average molecular weight is 243 g/mol. The second kappa shape index (κ2) is 5.09. The molecule has 1 aromatic rings. The molecule has 0 bridgehead atoms. The van der Waals surface area contributed by atoms with E-state index in [0.29, 0.717) is 11.3 Å². The van der Waals surface area contributed by atoms with Gasteiger partial charge in [0, 0.05) is 6.42 Å². The van der Waals surface area contributed by atoms with Crippen LogP contribution in [-0.2, 0) is 21.2 Å². The molecule has 0 amide bonds. The van der Waals surface area contributed by atoms with Gasteiger partial charge in [0.05, 0.1) is 7.11 Å². The van der Waals surface area contributed by atoms with Crippen LogP contribution in [0.4, 0.5) is 0 Å². The molecule has 0 heterocycles. The third-order valence-corrected chi connectivity index (χ3v) is 2.62. The van der Waals surface area contributed by atoms with E-state index >= 15 is 0 Å². The molecule has 16 heavy (non-hydrogen) atoms. The van der Waals surface area contributed by atoms with Crippen molar-refractivity contribution >= 4 is 15.8 Å². The minimum absolute atomic E-state index is 0.0353. The summed E-state index contributed by atoms with van der Waals surface area (Å²) in [6, 6.07) is 6.89. The summed E-state index contributed by atoms with van der Waals surface area (Å²) in [5.74, 6) is -0.443. The van der Waals surface area contributed by atoms with Crippen LogP contribution in [0.25, 0.3) is 0 Å². The molecule has 1 aromatic carbocycles. The molecule has 0 aliphatic rings. The lowest BCUT2D eigenvalue weighted by Gasteiger charge is -2.03. The zero-order chi connectivity index (χ0) is 12.2. The second-order valence-corrected chi connectivity index (χ2v) is 4.99. The van der Waals surface area contributed by atoms with Crippen molar-refractivity contribution in [1.29, 1.82) is 0 Å². The van der Waals surface area contributed by atoms with Gasteiger partial charge < -0.3 is 4.74 Å². The Morgan fingerprint density at radius 3 is 2.69 bits per heavy atom. The predicted octanol–water partition coefficient (Wildman–Crippen LogP) is 0.0953. The summed E-state index contributed by atoms with van der Waals surface area (Å²) in [4.78, 5) is 11.3. The molecule has 0 spiro atoms. The van der Waals surface area contributed by atoms with Gasteiger partial charge in [-0.1, -0.05) is 12.1 Å². The number of carbonyl (C=O) groups excluding carboxylic acids is 1. The summed E-state index contributed by atoms with van der Waals surface area (Å²) in [6.45, 7) is 0. The number of nitrogens with two attached hydrogens (primary N) is 1. The number of rotatable bonds is 5. The van der Waals surface area contributed by atoms with Crippen LogP contribution in [0.15, 0.2) is 24.3 Å². The zero-order valence-electron chi connectivity index (χ0n) is 8.84. The van der Waals surface area contributed by atoms with Crippen molar-refractivity contribution in [2.24, 2.45) is 5.14 Å². The van der Waals surface area contributed by atoms with Crippen molar-refractivity contribution in [1.82, 2.24) is 0 Å². The summed E-state index contributed by atoms with van der Waals surface area (Å²) in [7, 11) is -2.22. The molecule has 5 nitrogen and oxygen atoms in total. The highest BCUT2D eigenvalue weighted by Crippen LogP contribution is 2.13. The molecule has 0 aromatic heterocycles. The Labute approximate surface area is 94.3 Å². The van der Waals surface area contributed by atoms with Gasteiger partial charge in [-0.05, 0) is 17.7 Å². The second-order valence-electron chi connectivity index (χ2n) is 3.37. The van der Waals surface area contributed by atoms with Gasteiger partial charge >= 0.3 is 0 Å². The normalized spacial score (nSPS) is 11.1. The van der Waals surface area contributed by atoms with Crippen LogP contribution in [0.1, 0.15) is 5.56 Å². The first-order chi connectivity index (χ1) is 7.40.